The number of carboxylic acids is 1. The van der Waals surface area contributed by atoms with Crippen LogP contribution < -0.4 is 15.6 Å². The molecular formula is C20H21FN4O3. The van der Waals surface area contributed by atoms with Gasteiger partial charge in [0, 0.05) is 43.8 Å². The summed E-state index contributed by atoms with van der Waals surface area (Å²) in [5.41, 5.74) is 0.299. The molecule has 1 aliphatic rings. The third-order valence-electron chi connectivity index (χ3n) is 5.15. The van der Waals surface area contributed by atoms with Gasteiger partial charge in [-0.1, -0.05) is 0 Å². The zero-order chi connectivity index (χ0) is 20.2. The zero-order valence-corrected chi connectivity index (χ0v) is 15.9. The fourth-order valence-electron chi connectivity index (χ4n) is 3.81. The minimum absolute atomic E-state index is 0.131. The summed E-state index contributed by atoms with van der Waals surface area (Å²) in [6, 6.07) is 4.57. The Morgan fingerprint density at radius 1 is 1.32 bits per heavy atom. The third kappa shape index (κ3) is 2.99. The first-order valence-corrected chi connectivity index (χ1v) is 9.03. The maximum atomic E-state index is 14.9. The van der Waals surface area contributed by atoms with Crippen molar-refractivity contribution >= 4 is 33.6 Å². The lowest BCUT2D eigenvalue weighted by Gasteiger charge is -2.40. The number of piperazine rings is 1. The van der Waals surface area contributed by atoms with Gasteiger partial charge in [0.05, 0.1) is 16.6 Å². The van der Waals surface area contributed by atoms with Crippen molar-refractivity contribution in [2.75, 3.05) is 24.5 Å². The number of nitrogens with zero attached hydrogens (tertiary/aromatic N) is 3. The minimum Gasteiger partial charge on any atom is -0.477 e. The van der Waals surface area contributed by atoms with Crippen molar-refractivity contribution in [1.82, 2.24) is 14.9 Å². The molecule has 0 spiro atoms. The first-order valence-electron chi connectivity index (χ1n) is 9.03. The second-order valence-electron chi connectivity index (χ2n) is 7.88. The van der Waals surface area contributed by atoms with Gasteiger partial charge in [0.1, 0.15) is 17.0 Å². The van der Waals surface area contributed by atoms with E-state index < -0.39 is 17.2 Å². The summed E-state index contributed by atoms with van der Waals surface area (Å²) in [7, 11) is 1.64. The Balaban J connectivity index is 1.92. The molecule has 2 N–H and O–H groups in total. The molecule has 1 aromatic carbocycles. The van der Waals surface area contributed by atoms with Crippen LogP contribution in [0.1, 0.15) is 24.2 Å². The molecule has 28 heavy (non-hydrogen) atoms. The predicted octanol–water partition coefficient (Wildman–Crippen LogP) is 2.11. The molecule has 0 radical (unpaired) electrons. The number of benzene rings is 1. The second-order valence-corrected chi connectivity index (χ2v) is 7.88. The van der Waals surface area contributed by atoms with Gasteiger partial charge in [0.25, 0.3) is 0 Å². The molecule has 3 heterocycles. The Labute approximate surface area is 160 Å². The highest BCUT2D eigenvalue weighted by Crippen LogP contribution is 2.28. The monoisotopic (exact) mass is 384 g/mol. The molecule has 0 atom stereocenters. The summed E-state index contributed by atoms with van der Waals surface area (Å²) in [5.74, 6) is -1.69. The SMILES string of the molecule is Cn1cc(C(=O)O)c(=O)c2cc3cc(F)c(N4CCNC(C)(C)C4)cc3nc21. The smallest absolute Gasteiger partial charge is 0.341 e. The number of anilines is 1. The molecule has 8 heteroatoms. The van der Waals surface area contributed by atoms with Crippen molar-refractivity contribution in [2.45, 2.75) is 19.4 Å². The van der Waals surface area contributed by atoms with E-state index in [1.165, 1.54) is 22.9 Å². The molecule has 2 aromatic heterocycles. The van der Waals surface area contributed by atoms with E-state index in [0.717, 1.165) is 6.54 Å². The van der Waals surface area contributed by atoms with E-state index in [1.54, 1.807) is 13.1 Å². The van der Waals surface area contributed by atoms with Crippen LogP contribution in [0.3, 0.4) is 0 Å². The van der Waals surface area contributed by atoms with Crippen LogP contribution in [0.2, 0.25) is 0 Å². The van der Waals surface area contributed by atoms with Gasteiger partial charge in [-0.25, -0.2) is 14.2 Å². The summed E-state index contributed by atoms with van der Waals surface area (Å²) in [6.45, 7) is 6.23. The largest absolute Gasteiger partial charge is 0.477 e. The molecule has 0 bridgehead atoms. The Kier molecular flexibility index (Phi) is 4.11. The van der Waals surface area contributed by atoms with E-state index in [-0.39, 0.29) is 16.5 Å². The number of aryl methyl sites for hydroxylation is 1. The lowest BCUT2D eigenvalue weighted by Crippen LogP contribution is -2.57. The van der Waals surface area contributed by atoms with E-state index in [4.69, 9.17) is 0 Å². The number of aromatic nitrogens is 2. The molecule has 1 fully saturated rings. The van der Waals surface area contributed by atoms with Crippen LogP contribution in [0.25, 0.3) is 21.9 Å². The van der Waals surface area contributed by atoms with E-state index in [1.807, 2.05) is 4.90 Å². The van der Waals surface area contributed by atoms with Gasteiger partial charge in [0.15, 0.2) is 0 Å². The van der Waals surface area contributed by atoms with Gasteiger partial charge < -0.3 is 19.9 Å². The number of fused-ring (bicyclic) bond motifs is 2. The Morgan fingerprint density at radius 2 is 2.07 bits per heavy atom. The summed E-state index contributed by atoms with van der Waals surface area (Å²) in [4.78, 5) is 30.3. The van der Waals surface area contributed by atoms with E-state index in [0.29, 0.717) is 35.3 Å². The van der Waals surface area contributed by atoms with Gasteiger partial charge in [-0.05, 0) is 32.0 Å². The standard InChI is InChI=1S/C20H21FN4O3/c1-20(2)10-25(5-4-22-20)16-8-15-11(7-14(16)21)6-12-17(26)13(19(27)28)9-24(3)18(12)23-15/h6-9,22H,4-5,10H2,1-3H3,(H,27,28). The maximum Gasteiger partial charge on any atom is 0.341 e. The van der Waals surface area contributed by atoms with Crippen LogP contribution >= 0.6 is 0 Å². The van der Waals surface area contributed by atoms with Crippen LogP contribution in [-0.4, -0.2) is 45.8 Å². The molecule has 1 saturated heterocycles. The highest BCUT2D eigenvalue weighted by atomic mass is 19.1. The van der Waals surface area contributed by atoms with Crippen molar-refractivity contribution in [3.8, 4) is 0 Å². The van der Waals surface area contributed by atoms with Crippen molar-refractivity contribution in [3.63, 3.8) is 0 Å². The lowest BCUT2D eigenvalue weighted by molar-refractivity contribution is 0.0695. The number of hydrogen-bond donors (Lipinski definition) is 2. The fourth-order valence-corrected chi connectivity index (χ4v) is 3.81. The number of hydrogen-bond acceptors (Lipinski definition) is 5. The number of aromatic carboxylic acids is 1. The van der Waals surface area contributed by atoms with E-state index in [9.17, 15) is 19.1 Å². The minimum atomic E-state index is -1.30. The number of halogens is 1. The van der Waals surface area contributed by atoms with Crippen molar-refractivity contribution in [1.29, 1.82) is 0 Å². The van der Waals surface area contributed by atoms with Gasteiger partial charge in [-0.3, -0.25) is 4.79 Å². The first kappa shape index (κ1) is 18.4. The quantitative estimate of drug-likeness (QED) is 0.658. The highest BCUT2D eigenvalue weighted by Gasteiger charge is 2.27. The Hall–Kier alpha value is -3.00. The number of pyridine rings is 2. The van der Waals surface area contributed by atoms with Crippen molar-refractivity contribution < 1.29 is 14.3 Å². The highest BCUT2D eigenvalue weighted by molar-refractivity contribution is 5.96. The molecule has 7 nitrogen and oxygen atoms in total. The topological polar surface area (TPSA) is 87.5 Å². The molecule has 146 valence electrons. The zero-order valence-electron chi connectivity index (χ0n) is 15.9. The molecule has 4 rings (SSSR count). The Morgan fingerprint density at radius 3 is 2.75 bits per heavy atom. The average molecular weight is 384 g/mol. The van der Waals surface area contributed by atoms with Crippen LogP contribution in [-0.2, 0) is 7.05 Å². The second kappa shape index (κ2) is 6.27. The molecule has 0 amide bonds. The molecule has 0 unspecified atom stereocenters. The molecule has 0 saturated carbocycles. The maximum absolute atomic E-state index is 14.9. The van der Waals surface area contributed by atoms with Crippen molar-refractivity contribution in [3.05, 3.63) is 46.0 Å². The molecule has 1 aliphatic heterocycles. The summed E-state index contributed by atoms with van der Waals surface area (Å²) in [6.07, 6.45) is 1.26. The van der Waals surface area contributed by atoms with Crippen LogP contribution in [0, 0.1) is 5.82 Å². The average Bonchev–Trinajstić information content (AvgIpc) is 2.62. The summed E-state index contributed by atoms with van der Waals surface area (Å²) in [5, 5.41) is 13.2. The van der Waals surface area contributed by atoms with Gasteiger partial charge in [0.2, 0.25) is 5.43 Å². The predicted molar refractivity (Wildman–Crippen MR) is 106 cm³/mol. The van der Waals surface area contributed by atoms with Crippen molar-refractivity contribution in [2.24, 2.45) is 7.05 Å². The number of rotatable bonds is 2. The van der Waals surface area contributed by atoms with Crippen LogP contribution in [0.15, 0.2) is 29.2 Å². The fraction of sp³-hybridized carbons (Fsp3) is 0.350. The number of nitrogens with one attached hydrogen (secondary N) is 1. The van der Waals surface area contributed by atoms with E-state index in [2.05, 4.69) is 24.1 Å². The summed E-state index contributed by atoms with van der Waals surface area (Å²) < 4.78 is 16.4. The third-order valence-corrected chi connectivity index (χ3v) is 5.15. The molecular weight excluding hydrogens is 363 g/mol. The van der Waals surface area contributed by atoms with Gasteiger partial charge in [-0.2, -0.15) is 0 Å². The first-order chi connectivity index (χ1) is 13.2. The van der Waals surface area contributed by atoms with Gasteiger partial charge >= 0.3 is 5.97 Å². The summed E-state index contributed by atoms with van der Waals surface area (Å²) >= 11 is 0. The lowest BCUT2D eigenvalue weighted by atomic mass is 10.0. The van der Waals surface area contributed by atoms with Crippen LogP contribution in [0.4, 0.5) is 10.1 Å². The number of carbonyl (C=O) groups is 1. The molecule has 3 aromatic rings. The normalized spacial score (nSPS) is 16.6. The van der Waals surface area contributed by atoms with E-state index >= 15 is 0 Å². The van der Waals surface area contributed by atoms with Crippen LogP contribution in [0.5, 0.6) is 0 Å². The molecule has 0 aliphatic carbocycles. The van der Waals surface area contributed by atoms with Gasteiger partial charge in [-0.15, -0.1) is 0 Å². The number of carboxylic acid groups (broad SMARTS) is 1. The Bertz CT molecular complexity index is 1190.